The molecular formula is C10H11N3O3S. The van der Waals surface area contributed by atoms with Crippen LogP contribution < -0.4 is 0 Å². The molecule has 0 aliphatic heterocycles. The fourth-order valence-electron chi connectivity index (χ4n) is 1.33. The molecule has 0 saturated carbocycles. The zero-order valence-electron chi connectivity index (χ0n) is 9.16. The zero-order valence-corrected chi connectivity index (χ0v) is 9.98. The quantitative estimate of drug-likeness (QED) is 0.811. The first kappa shape index (κ1) is 11.7. The summed E-state index contributed by atoms with van der Waals surface area (Å²) in [6, 6.07) is 3.75. The monoisotopic (exact) mass is 253 g/mol. The molecule has 2 aromatic heterocycles. The summed E-state index contributed by atoms with van der Waals surface area (Å²) in [5, 5.41) is 16.8. The van der Waals surface area contributed by atoms with Crippen molar-refractivity contribution in [3.8, 4) is 0 Å². The van der Waals surface area contributed by atoms with Gasteiger partial charge >= 0.3 is 5.97 Å². The van der Waals surface area contributed by atoms with Crippen molar-refractivity contribution >= 4 is 17.7 Å². The fraction of sp³-hybridized carbons (Fsp3) is 0.300. The normalized spacial score (nSPS) is 10.6. The lowest BCUT2D eigenvalue weighted by Crippen LogP contribution is -2.03. The molecule has 0 aromatic carbocycles. The molecule has 0 fully saturated rings. The molecule has 17 heavy (non-hydrogen) atoms. The van der Waals surface area contributed by atoms with Crippen molar-refractivity contribution in [2.24, 2.45) is 0 Å². The van der Waals surface area contributed by atoms with Crippen LogP contribution >= 0.6 is 11.8 Å². The van der Waals surface area contributed by atoms with E-state index in [1.165, 1.54) is 0 Å². The Balaban J connectivity index is 2.06. The smallest absolute Gasteiger partial charge is 0.313 e. The summed E-state index contributed by atoms with van der Waals surface area (Å²) in [5.41, 5.74) is 0. The van der Waals surface area contributed by atoms with Crippen molar-refractivity contribution in [3.63, 3.8) is 0 Å². The number of aromatic nitrogens is 3. The Labute approximate surface area is 102 Å². The molecule has 0 saturated heterocycles. The van der Waals surface area contributed by atoms with Gasteiger partial charge in [0.05, 0.1) is 12.3 Å². The van der Waals surface area contributed by atoms with Gasteiger partial charge < -0.3 is 14.1 Å². The molecule has 0 atom stereocenters. The number of furan rings is 1. The molecule has 2 rings (SSSR count). The highest BCUT2D eigenvalue weighted by Crippen LogP contribution is 2.16. The van der Waals surface area contributed by atoms with Crippen molar-refractivity contribution in [3.05, 3.63) is 30.0 Å². The van der Waals surface area contributed by atoms with Crippen molar-refractivity contribution in [2.75, 3.05) is 5.75 Å². The summed E-state index contributed by atoms with van der Waals surface area (Å²) in [6.07, 6.45) is 1.56. The second kappa shape index (κ2) is 5.05. The molecule has 90 valence electrons. The molecule has 0 spiro atoms. The molecule has 0 amide bonds. The molecule has 0 bridgehead atoms. The van der Waals surface area contributed by atoms with Crippen molar-refractivity contribution in [1.29, 1.82) is 0 Å². The average molecular weight is 253 g/mol. The molecule has 0 aliphatic carbocycles. The molecule has 2 aromatic rings. The van der Waals surface area contributed by atoms with Gasteiger partial charge in [0.1, 0.15) is 17.8 Å². The largest absolute Gasteiger partial charge is 0.481 e. The number of aryl methyl sites for hydroxylation is 1. The molecule has 7 heteroatoms. The highest BCUT2D eigenvalue weighted by molar-refractivity contribution is 7.99. The van der Waals surface area contributed by atoms with E-state index in [9.17, 15) is 4.79 Å². The summed E-state index contributed by atoms with van der Waals surface area (Å²) >= 11 is 1.14. The summed E-state index contributed by atoms with van der Waals surface area (Å²) < 4.78 is 7.19. The van der Waals surface area contributed by atoms with Gasteiger partial charge in [-0.15, -0.1) is 10.2 Å². The van der Waals surface area contributed by atoms with Crippen LogP contribution in [-0.2, 0) is 11.3 Å². The van der Waals surface area contributed by atoms with E-state index >= 15 is 0 Å². The Morgan fingerprint density at radius 3 is 3.06 bits per heavy atom. The van der Waals surface area contributed by atoms with Crippen molar-refractivity contribution in [1.82, 2.24) is 14.8 Å². The third-order valence-corrected chi connectivity index (χ3v) is 2.99. The first-order valence-electron chi connectivity index (χ1n) is 4.93. The van der Waals surface area contributed by atoms with Gasteiger partial charge in [0, 0.05) is 0 Å². The molecule has 1 N–H and O–H groups in total. The predicted molar refractivity (Wildman–Crippen MR) is 60.9 cm³/mol. The second-order valence-electron chi connectivity index (χ2n) is 3.44. The van der Waals surface area contributed by atoms with Crippen LogP contribution in [0, 0.1) is 6.92 Å². The van der Waals surface area contributed by atoms with E-state index in [1.54, 1.807) is 10.9 Å². The van der Waals surface area contributed by atoms with Crippen LogP contribution in [-0.4, -0.2) is 31.6 Å². The Hall–Kier alpha value is -1.76. The Morgan fingerprint density at radius 1 is 1.59 bits per heavy atom. The van der Waals surface area contributed by atoms with Gasteiger partial charge in [-0.05, 0) is 19.1 Å². The predicted octanol–water partition coefficient (Wildman–Crippen LogP) is 1.40. The summed E-state index contributed by atoms with van der Waals surface area (Å²) in [6.45, 7) is 2.37. The van der Waals surface area contributed by atoms with E-state index in [4.69, 9.17) is 9.52 Å². The highest BCUT2D eigenvalue weighted by atomic mass is 32.2. The number of rotatable bonds is 5. The van der Waals surface area contributed by atoms with E-state index in [0.717, 1.165) is 23.3 Å². The maximum Gasteiger partial charge on any atom is 0.313 e. The highest BCUT2D eigenvalue weighted by Gasteiger charge is 2.09. The minimum absolute atomic E-state index is 0.0319. The van der Waals surface area contributed by atoms with E-state index in [1.807, 2.05) is 19.1 Å². The van der Waals surface area contributed by atoms with Crippen LogP contribution in [0.25, 0.3) is 0 Å². The summed E-state index contributed by atoms with van der Waals surface area (Å²) in [4.78, 5) is 10.5. The summed E-state index contributed by atoms with van der Waals surface area (Å²) in [7, 11) is 0. The number of nitrogens with zero attached hydrogens (tertiary/aromatic N) is 3. The van der Waals surface area contributed by atoms with Crippen LogP contribution in [0.2, 0.25) is 0 Å². The molecule has 6 nitrogen and oxygen atoms in total. The molecule has 0 unspecified atom stereocenters. The molecule has 2 heterocycles. The number of hydrogen-bond acceptors (Lipinski definition) is 5. The van der Waals surface area contributed by atoms with Crippen molar-refractivity contribution in [2.45, 2.75) is 18.6 Å². The second-order valence-corrected chi connectivity index (χ2v) is 4.38. The molecule has 0 aliphatic rings. The number of carboxylic acids is 1. The van der Waals surface area contributed by atoms with E-state index in [0.29, 0.717) is 11.7 Å². The Bertz CT molecular complexity index is 520. The first-order chi connectivity index (χ1) is 8.15. The average Bonchev–Trinajstić information content (AvgIpc) is 2.86. The number of carboxylic acid groups (broad SMARTS) is 1. The van der Waals surface area contributed by atoms with Crippen LogP contribution in [0.1, 0.15) is 11.5 Å². The number of thioether (sulfide) groups is 1. The fourth-order valence-corrected chi connectivity index (χ4v) is 1.96. The lowest BCUT2D eigenvalue weighted by atomic mass is 10.4. The standard InChI is InChI=1S/C10H11N3O3S/c1-7-2-3-8(16-7)4-13-6-11-12-10(13)17-5-9(14)15/h2-3,6H,4-5H2,1H3,(H,14,15). The van der Waals surface area contributed by atoms with Gasteiger partial charge in [-0.2, -0.15) is 0 Å². The van der Waals surface area contributed by atoms with Crippen LogP contribution in [0.4, 0.5) is 0 Å². The van der Waals surface area contributed by atoms with E-state index < -0.39 is 5.97 Å². The lowest BCUT2D eigenvalue weighted by Gasteiger charge is -2.02. The minimum Gasteiger partial charge on any atom is -0.481 e. The maximum atomic E-state index is 10.5. The number of aliphatic carboxylic acids is 1. The van der Waals surface area contributed by atoms with Gasteiger partial charge in [0.25, 0.3) is 0 Å². The van der Waals surface area contributed by atoms with Gasteiger partial charge in [-0.1, -0.05) is 11.8 Å². The van der Waals surface area contributed by atoms with Crippen LogP contribution in [0.5, 0.6) is 0 Å². The van der Waals surface area contributed by atoms with Gasteiger partial charge in [0.15, 0.2) is 5.16 Å². The van der Waals surface area contributed by atoms with E-state index in [2.05, 4.69) is 10.2 Å². The molecule has 0 radical (unpaired) electrons. The summed E-state index contributed by atoms with van der Waals surface area (Å²) in [5.74, 6) is 0.723. The molecular weight excluding hydrogens is 242 g/mol. The van der Waals surface area contributed by atoms with Gasteiger partial charge in [-0.25, -0.2) is 0 Å². The third-order valence-electron chi connectivity index (χ3n) is 2.03. The maximum absolute atomic E-state index is 10.5. The Kier molecular flexibility index (Phi) is 3.48. The van der Waals surface area contributed by atoms with Gasteiger partial charge in [-0.3, -0.25) is 4.79 Å². The zero-order chi connectivity index (χ0) is 12.3. The topological polar surface area (TPSA) is 81.2 Å². The SMILES string of the molecule is Cc1ccc(Cn2cnnc2SCC(=O)O)o1. The van der Waals surface area contributed by atoms with E-state index in [-0.39, 0.29) is 5.75 Å². The van der Waals surface area contributed by atoms with Crippen LogP contribution in [0.3, 0.4) is 0 Å². The minimum atomic E-state index is -0.876. The number of hydrogen-bond donors (Lipinski definition) is 1. The van der Waals surface area contributed by atoms with Crippen molar-refractivity contribution < 1.29 is 14.3 Å². The lowest BCUT2D eigenvalue weighted by molar-refractivity contribution is -0.133. The number of carbonyl (C=O) groups is 1. The third kappa shape index (κ3) is 3.10. The Morgan fingerprint density at radius 2 is 2.41 bits per heavy atom. The van der Waals surface area contributed by atoms with Crippen LogP contribution in [0.15, 0.2) is 28.0 Å². The first-order valence-corrected chi connectivity index (χ1v) is 5.91. The van der Waals surface area contributed by atoms with Gasteiger partial charge in [0.2, 0.25) is 0 Å².